The molecule has 0 bridgehead atoms. The SMILES string of the molecule is COc1cc(/C=C\C(=O)O[C@H]2[C@H](Oc3cc(O)cc(/C=C/c4ccc(O)cc4)c3)O[C@H](CO)[C@@H](O)[C@@H]2O)ccc1O. The number of benzene rings is 3. The zero-order valence-electron chi connectivity index (χ0n) is 21.9. The normalized spacial score (nSPS) is 22.6. The fraction of sp³-hybridized carbons (Fsp3) is 0.233. The van der Waals surface area contributed by atoms with E-state index in [1.165, 1.54) is 55.7 Å². The lowest BCUT2D eigenvalue weighted by molar-refractivity contribution is -0.281. The summed E-state index contributed by atoms with van der Waals surface area (Å²) >= 11 is 0. The van der Waals surface area contributed by atoms with Gasteiger partial charge in [0.25, 0.3) is 0 Å². The molecule has 41 heavy (non-hydrogen) atoms. The summed E-state index contributed by atoms with van der Waals surface area (Å²) in [5, 5.41) is 60.2. The number of ether oxygens (including phenoxy) is 4. The first-order chi connectivity index (χ1) is 19.7. The Morgan fingerprint density at radius 2 is 1.56 bits per heavy atom. The summed E-state index contributed by atoms with van der Waals surface area (Å²) in [6.45, 7) is -0.651. The summed E-state index contributed by atoms with van der Waals surface area (Å²) in [5.41, 5.74) is 1.83. The number of hydrogen-bond acceptors (Lipinski definition) is 11. The minimum Gasteiger partial charge on any atom is -0.508 e. The van der Waals surface area contributed by atoms with E-state index >= 15 is 0 Å². The van der Waals surface area contributed by atoms with E-state index in [-0.39, 0.29) is 28.7 Å². The van der Waals surface area contributed by atoms with Crippen molar-refractivity contribution in [3.63, 3.8) is 0 Å². The fourth-order valence-electron chi connectivity index (χ4n) is 4.09. The highest BCUT2D eigenvalue weighted by Crippen LogP contribution is 2.30. The first kappa shape index (κ1) is 29.4. The van der Waals surface area contributed by atoms with Crippen molar-refractivity contribution in [1.82, 2.24) is 0 Å². The van der Waals surface area contributed by atoms with E-state index in [1.54, 1.807) is 30.4 Å². The van der Waals surface area contributed by atoms with E-state index in [0.717, 1.165) is 11.6 Å². The maximum absolute atomic E-state index is 12.6. The maximum Gasteiger partial charge on any atom is 0.331 e. The van der Waals surface area contributed by atoms with Crippen LogP contribution in [0.5, 0.6) is 28.7 Å². The number of esters is 1. The number of carbonyl (C=O) groups is 1. The van der Waals surface area contributed by atoms with Crippen molar-refractivity contribution in [2.75, 3.05) is 13.7 Å². The summed E-state index contributed by atoms with van der Waals surface area (Å²) in [7, 11) is 1.38. The van der Waals surface area contributed by atoms with Crippen molar-refractivity contribution in [3.8, 4) is 28.7 Å². The third-order valence-electron chi connectivity index (χ3n) is 6.22. The van der Waals surface area contributed by atoms with Crippen LogP contribution < -0.4 is 9.47 Å². The number of rotatable bonds is 9. The number of aromatic hydroxyl groups is 3. The molecule has 11 heteroatoms. The molecule has 0 radical (unpaired) electrons. The molecule has 0 aromatic heterocycles. The average Bonchev–Trinajstić information content (AvgIpc) is 2.95. The minimum atomic E-state index is -1.68. The van der Waals surface area contributed by atoms with Crippen molar-refractivity contribution in [2.45, 2.75) is 30.7 Å². The van der Waals surface area contributed by atoms with E-state index in [2.05, 4.69) is 0 Å². The lowest BCUT2D eigenvalue weighted by Gasteiger charge is -2.41. The molecule has 1 aliphatic heterocycles. The van der Waals surface area contributed by atoms with Gasteiger partial charge in [0, 0.05) is 12.1 Å². The molecule has 0 aliphatic carbocycles. The van der Waals surface area contributed by atoms with Crippen LogP contribution in [0.4, 0.5) is 0 Å². The molecule has 1 fully saturated rings. The first-order valence-corrected chi connectivity index (χ1v) is 12.5. The van der Waals surface area contributed by atoms with Gasteiger partial charge in [0.2, 0.25) is 6.29 Å². The number of phenolic OH excluding ortho intramolecular Hbond substituents is 3. The molecule has 1 heterocycles. The van der Waals surface area contributed by atoms with Crippen LogP contribution in [0.25, 0.3) is 18.2 Å². The predicted octanol–water partition coefficient (Wildman–Crippen LogP) is 2.43. The third-order valence-corrected chi connectivity index (χ3v) is 6.22. The molecule has 6 N–H and O–H groups in total. The van der Waals surface area contributed by atoms with Gasteiger partial charge in [0.1, 0.15) is 35.6 Å². The van der Waals surface area contributed by atoms with E-state index in [9.17, 15) is 35.4 Å². The summed E-state index contributed by atoms with van der Waals surface area (Å²) in [6, 6.07) is 15.2. The maximum atomic E-state index is 12.6. The molecular formula is C30H30O11. The van der Waals surface area contributed by atoms with E-state index < -0.39 is 43.3 Å². The van der Waals surface area contributed by atoms with Gasteiger partial charge in [-0.2, -0.15) is 0 Å². The van der Waals surface area contributed by atoms with Crippen LogP contribution in [-0.4, -0.2) is 81.0 Å². The summed E-state index contributed by atoms with van der Waals surface area (Å²) < 4.78 is 21.9. The van der Waals surface area contributed by atoms with Crippen molar-refractivity contribution in [1.29, 1.82) is 0 Å². The third kappa shape index (κ3) is 7.56. The quantitative estimate of drug-likeness (QED) is 0.127. The van der Waals surface area contributed by atoms with E-state index in [1.807, 2.05) is 0 Å². The van der Waals surface area contributed by atoms with Crippen LogP contribution in [0, 0.1) is 0 Å². The molecule has 5 atom stereocenters. The Morgan fingerprint density at radius 3 is 2.27 bits per heavy atom. The van der Waals surface area contributed by atoms with Crippen molar-refractivity contribution >= 4 is 24.2 Å². The number of aliphatic hydroxyl groups excluding tert-OH is 3. The lowest BCUT2D eigenvalue weighted by atomic mass is 9.99. The summed E-state index contributed by atoms with van der Waals surface area (Å²) in [4.78, 5) is 12.6. The highest BCUT2D eigenvalue weighted by atomic mass is 16.7. The van der Waals surface area contributed by atoms with Gasteiger partial charge in [-0.25, -0.2) is 4.79 Å². The van der Waals surface area contributed by atoms with Gasteiger partial charge in [0.15, 0.2) is 17.6 Å². The van der Waals surface area contributed by atoms with Crippen LogP contribution in [0.1, 0.15) is 16.7 Å². The number of phenols is 3. The largest absolute Gasteiger partial charge is 0.508 e. The van der Waals surface area contributed by atoms with Gasteiger partial charge >= 0.3 is 5.97 Å². The summed E-state index contributed by atoms with van der Waals surface area (Å²) in [5.74, 6) is -0.708. The molecule has 11 nitrogen and oxygen atoms in total. The molecule has 0 unspecified atom stereocenters. The second-order valence-corrected chi connectivity index (χ2v) is 9.18. The van der Waals surface area contributed by atoms with Crippen molar-refractivity contribution in [3.05, 3.63) is 83.4 Å². The lowest BCUT2D eigenvalue weighted by Crippen LogP contribution is -2.61. The predicted molar refractivity (Wildman–Crippen MR) is 147 cm³/mol. The number of carbonyl (C=O) groups excluding carboxylic acids is 1. The Morgan fingerprint density at radius 1 is 0.854 bits per heavy atom. The Balaban J connectivity index is 1.52. The second kappa shape index (κ2) is 13.2. The molecular weight excluding hydrogens is 536 g/mol. The van der Waals surface area contributed by atoms with Gasteiger partial charge in [0.05, 0.1) is 13.7 Å². The van der Waals surface area contributed by atoms with Crippen LogP contribution in [0.2, 0.25) is 0 Å². The second-order valence-electron chi connectivity index (χ2n) is 9.18. The Bertz CT molecular complexity index is 1400. The smallest absolute Gasteiger partial charge is 0.331 e. The van der Waals surface area contributed by atoms with Gasteiger partial charge < -0.3 is 49.6 Å². The standard InChI is InChI=1S/C30H30O11/c1-38-24-14-18(6-10-23(24)34)7-11-26(35)41-29-28(37)27(36)25(16-31)40-30(29)39-22-13-19(12-21(33)15-22)3-2-17-4-8-20(32)9-5-17/h2-15,25,27-34,36-37H,16H2,1H3/b3-2+,11-7-/t25-,27-,28+,29-,30-/m1/s1. The van der Waals surface area contributed by atoms with Gasteiger partial charge in [-0.05, 0) is 59.2 Å². The molecule has 0 saturated carbocycles. The first-order valence-electron chi connectivity index (χ1n) is 12.5. The highest BCUT2D eigenvalue weighted by Gasteiger charge is 2.47. The molecule has 1 aliphatic rings. The zero-order valence-corrected chi connectivity index (χ0v) is 21.9. The van der Waals surface area contributed by atoms with Gasteiger partial charge in [-0.3, -0.25) is 0 Å². The van der Waals surface area contributed by atoms with E-state index in [4.69, 9.17) is 18.9 Å². The molecule has 3 aromatic carbocycles. The number of methoxy groups -OCH3 is 1. The topological polar surface area (TPSA) is 175 Å². The van der Waals surface area contributed by atoms with Gasteiger partial charge in [-0.1, -0.05) is 30.4 Å². The Kier molecular flexibility index (Phi) is 9.48. The molecule has 216 valence electrons. The number of aliphatic hydroxyl groups is 3. The minimum absolute atomic E-state index is 0.0759. The average molecular weight is 567 g/mol. The zero-order chi connectivity index (χ0) is 29.5. The summed E-state index contributed by atoms with van der Waals surface area (Å²) in [6.07, 6.45) is -1.58. The van der Waals surface area contributed by atoms with Crippen molar-refractivity contribution in [2.24, 2.45) is 0 Å². The molecule has 1 saturated heterocycles. The van der Waals surface area contributed by atoms with Crippen molar-refractivity contribution < 1.29 is 54.4 Å². The monoisotopic (exact) mass is 566 g/mol. The van der Waals surface area contributed by atoms with E-state index in [0.29, 0.717) is 11.1 Å². The molecule has 4 rings (SSSR count). The Labute approximate surface area is 235 Å². The highest BCUT2D eigenvalue weighted by molar-refractivity contribution is 5.87. The molecule has 3 aromatic rings. The van der Waals surface area contributed by atoms with Crippen LogP contribution in [0.3, 0.4) is 0 Å². The van der Waals surface area contributed by atoms with Gasteiger partial charge in [-0.15, -0.1) is 0 Å². The fourth-order valence-corrected chi connectivity index (χ4v) is 4.09. The Hall–Kier alpha value is -4.55. The number of hydrogen-bond donors (Lipinski definition) is 6. The van der Waals surface area contributed by atoms with Crippen LogP contribution >= 0.6 is 0 Å². The molecule has 0 amide bonds. The molecule has 0 spiro atoms. The van der Waals surface area contributed by atoms with Crippen LogP contribution in [-0.2, 0) is 14.3 Å². The van der Waals surface area contributed by atoms with Crippen LogP contribution in [0.15, 0.2) is 66.7 Å².